The van der Waals surface area contributed by atoms with Crippen LogP contribution in [-0.4, -0.2) is 52.9 Å². The van der Waals surface area contributed by atoms with E-state index in [1.165, 1.54) is 30.6 Å². The molecule has 128 valence electrons. The third-order valence-corrected chi connectivity index (χ3v) is 4.69. The Labute approximate surface area is 132 Å². The summed E-state index contributed by atoms with van der Waals surface area (Å²) < 4.78 is 42.9. The molecule has 1 aliphatic heterocycles. The monoisotopic (exact) mass is 331 g/mol. The van der Waals surface area contributed by atoms with Gasteiger partial charge in [0, 0.05) is 32.2 Å². The fourth-order valence-corrected chi connectivity index (χ4v) is 3.52. The van der Waals surface area contributed by atoms with Gasteiger partial charge >= 0.3 is 6.18 Å². The molecule has 2 fully saturated rings. The second-order valence-corrected chi connectivity index (χ2v) is 6.15. The summed E-state index contributed by atoms with van der Waals surface area (Å²) in [6.45, 7) is 2.47. The number of hydrogen-bond donors (Lipinski definition) is 0. The number of halogens is 3. The summed E-state index contributed by atoms with van der Waals surface area (Å²) >= 11 is 0. The Balaban J connectivity index is 1.68. The van der Waals surface area contributed by atoms with E-state index in [0.717, 1.165) is 13.0 Å². The largest absolute Gasteiger partial charge is 0.452 e. The summed E-state index contributed by atoms with van der Waals surface area (Å²) in [5.74, 6) is -2.00. The molecule has 23 heavy (non-hydrogen) atoms. The lowest BCUT2D eigenvalue weighted by molar-refractivity contribution is -0.153. The molecule has 0 aromatic carbocycles. The fourth-order valence-electron chi connectivity index (χ4n) is 3.52. The number of amides is 1. The van der Waals surface area contributed by atoms with Gasteiger partial charge in [-0.25, -0.2) is 4.98 Å². The Hall–Kier alpha value is -1.57. The quantitative estimate of drug-likeness (QED) is 0.836. The number of carbonyl (C=O) groups excluding carboxylic acids is 1. The van der Waals surface area contributed by atoms with Crippen molar-refractivity contribution in [3.63, 3.8) is 0 Å². The molecule has 1 saturated heterocycles. The first-order valence-electron chi connectivity index (χ1n) is 8.01. The standard InChI is InChI=1S/C15H20F3N3O2/c16-15(17,18)13-12(19-10-23-13)14(22)21-7-3-6-20(8-9-21)11-4-1-2-5-11/h10-11H,1-9H2. The van der Waals surface area contributed by atoms with Crippen molar-refractivity contribution in [2.24, 2.45) is 0 Å². The summed E-state index contributed by atoms with van der Waals surface area (Å²) in [6, 6.07) is 0.558. The first-order chi connectivity index (χ1) is 11.0. The lowest BCUT2D eigenvalue weighted by atomic mass is 10.2. The van der Waals surface area contributed by atoms with Crippen molar-refractivity contribution in [2.45, 2.75) is 44.3 Å². The minimum Gasteiger partial charge on any atom is -0.438 e. The van der Waals surface area contributed by atoms with Crippen LogP contribution in [0.3, 0.4) is 0 Å². The highest BCUT2D eigenvalue weighted by atomic mass is 19.4. The first kappa shape index (κ1) is 16.3. The Bertz CT molecular complexity index is 552. The summed E-state index contributed by atoms with van der Waals surface area (Å²) in [4.78, 5) is 19.7. The number of oxazole rings is 1. The van der Waals surface area contributed by atoms with Crippen LogP contribution in [0, 0.1) is 0 Å². The van der Waals surface area contributed by atoms with Gasteiger partial charge in [-0.3, -0.25) is 9.69 Å². The molecule has 0 spiro atoms. The van der Waals surface area contributed by atoms with E-state index >= 15 is 0 Å². The highest BCUT2D eigenvalue weighted by Crippen LogP contribution is 2.32. The number of hydrogen-bond acceptors (Lipinski definition) is 4. The van der Waals surface area contributed by atoms with Crippen LogP contribution in [0.1, 0.15) is 48.4 Å². The van der Waals surface area contributed by atoms with E-state index in [4.69, 9.17) is 0 Å². The van der Waals surface area contributed by atoms with Crippen molar-refractivity contribution in [1.82, 2.24) is 14.8 Å². The average Bonchev–Trinajstić information content (AvgIpc) is 3.13. The third kappa shape index (κ3) is 3.52. The third-order valence-electron chi connectivity index (χ3n) is 4.69. The molecule has 5 nitrogen and oxygen atoms in total. The van der Waals surface area contributed by atoms with Crippen LogP contribution in [0.15, 0.2) is 10.8 Å². The molecular weight excluding hydrogens is 311 g/mol. The number of rotatable bonds is 2. The molecule has 0 radical (unpaired) electrons. The highest BCUT2D eigenvalue weighted by molar-refractivity contribution is 5.93. The molecular formula is C15H20F3N3O2. The van der Waals surface area contributed by atoms with E-state index in [9.17, 15) is 18.0 Å². The van der Waals surface area contributed by atoms with E-state index in [-0.39, 0.29) is 0 Å². The molecule has 2 heterocycles. The van der Waals surface area contributed by atoms with Gasteiger partial charge in [-0.2, -0.15) is 13.2 Å². The van der Waals surface area contributed by atoms with Gasteiger partial charge in [0.2, 0.25) is 5.76 Å². The Morgan fingerprint density at radius 2 is 1.87 bits per heavy atom. The average molecular weight is 331 g/mol. The van der Waals surface area contributed by atoms with Gasteiger partial charge < -0.3 is 9.32 Å². The minimum atomic E-state index is -4.71. The molecule has 1 saturated carbocycles. The number of alkyl halides is 3. The molecule has 1 aromatic rings. The second kappa shape index (κ2) is 6.51. The molecule has 0 unspecified atom stereocenters. The maximum absolute atomic E-state index is 12.8. The minimum absolute atomic E-state index is 0.430. The van der Waals surface area contributed by atoms with Crippen LogP contribution >= 0.6 is 0 Å². The summed E-state index contributed by atoms with van der Waals surface area (Å²) in [5.41, 5.74) is -0.633. The van der Waals surface area contributed by atoms with E-state index in [0.29, 0.717) is 32.1 Å². The molecule has 8 heteroatoms. The van der Waals surface area contributed by atoms with Gasteiger partial charge in [-0.05, 0) is 19.3 Å². The van der Waals surface area contributed by atoms with Gasteiger partial charge in [0.05, 0.1) is 0 Å². The van der Waals surface area contributed by atoms with Gasteiger partial charge in [-0.15, -0.1) is 0 Å². The van der Waals surface area contributed by atoms with E-state index in [1.54, 1.807) is 0 Å². The Morgan fingerprint density at radius 3 is 2.57 bits per heavy atom. The zero-order valence-corrected chi connectivity index (χ0v) is 12.8. The summed E-state index contributed by atoms with van der Waals surface area (Å²) in [6.07, 6.45) is 1.56. The van der Waals surface area contributed by atoms with Crippen molar-refractivity contribution in [2.75, 3.05) is 26.2 Å². The van der Waals surface area contributed by atoms with Crippen LogP contribution in [-0.2, 0) is 6.18 Å². The normalized spacial score (nSPS) is 21.6. The van der Waals surface area contributed by atoms with Crippen LogP contribution < -0.4 is 0 Å². The number of carbonyl (C=O) groups is 1. The van der Waals surface area contributed by atoms with Crippen molar-refractivity contribution in [1.29, 1.82) is 0 Å². The maximum Gasteiger partial charge on any atom is 0.452 e. The molecule has 1 aliphatic carbocycles. The zero-order valence-electron chi connectivity index (χ0n) is 12.8. The van der Waals surface area contributed by atoms with Crippen molar-refractivity contribution in [3.05, 3.63) is 17.8 Å². The van der Waals surface area contributed by atoms with Gasteiger partial charge in [-0.1, -0.05) is 12.8 Å². The van der Waals surface area contributed by atoms with Crippen LogP contribution in [0.4, 0.5) is 13.2 Å². The smallest absolute Gasteiger partial charge is 0.438 e. The lowest BCUT2D eigenvalue weighted by Crippen LogP contribution is -2.39. The molecule has 1 amide bonds. The first-order valence-corrected chi connectivity index (χ1v) is 8.01. The summed E-state index contributed by atoms with van der Waals surface area (Å²) in [7, 11) is 0. The number of nitrogens with zero attached hydrogens (tertiary/aromatic N) is 3. The van der Waals surface area contributed by atoms with Gasteiger partial charge in [0.25, 0.3) is 5.91 Å². The van der Waals surface area contributed by atoms with Crippen molar-refractivity contribution in [3.8, 4) is 0 Å². The molecule has 0 atom stereocenters. The predicted octanol–water partition coefficient (Wildman–Crippen LogP) is 2.78. The molecule has 1 aromatic heterocycles. The Kier molecular flexibility index (Phi) is 4.61. The molecule has 0 bridgehead atoms. The predicted molar refractivity (Wildman–Crippen MR) is 75.9 cm³/mol. The van der Waals surface area contributed by atoms with Gasteiger partial charge in [0.1, 0.15) is 0 Å². The van der Waals surface area contributed by atoms with E-state index in [1.807, 2.05) is 0 Å². The van der Waals surface area contributed by atoms with E-state index in [2.05, 4.69) is 14.3 Å². The number of aromatic nitrogens is 1. The zero-order chi connectivity index (χ0) is 16.4. The van der Waals surface area contributed by atoms with Crippen LogP contribution in [0.25, 0.3) is 0 Å². The van der Waals surface area contributed by atoms with Crippen molar-refractivity contribution < 1.29 is 22.4 Å². The van der Waals surface area contributed by atoms with Crippen LogP contribution in [0.2, 0.25) is 0 Å². The lowest BCUT2D eigenvalue weighted by Gasteiger charge is -2.27. The SMILES string of the molecule is O=C(c1ncoc1C(F)(F)F)N1CCCN(C2CCCC2)CC1. The maximum atomic E-state index is 12.8. The topological polar surface area (TPSA) is 49.6 Å². The van der Waals surface area contributed by atoms with Gasteiger partial charge in [0.15, 0.2) is 12.1 Å². The van der Waals surface area contributed by atoms with Crippen molar-refractivity contribution >= 4 is 5.91 Å². The summed E-state index contributed by atoms with van der Waals surface area (Å²) in [5, 5.41) is 0. The molecule has 2 aliphatic rings. The molecule has 3 rings (SSSR count). The Morgan fingerprint density at radius 1 is 1.13 bits per heavy atom. The van der Waals surface area contributed by atoms with Crippen LogP contribution in [0.5, 0.6) is 0 Å². The fraction of sp³-hybridized carbons (Fsp3) is 0.733. The second-order valence-electron chi connectivity index (χ2n) is 6.15. The highest BCUT2D eigenvalue weighted by Gasteiger charge is 2.41. The van der Waals surface area contributed by atoms with E-state index < -0.39 is 23.5 Å². The molecule has 0 N–H and O–H groups in total.